The van der Waals surface area contributed by atoms with Crippen LogP contribution in [0.2, 0.25) is 18.1 Å². The van der Waals surface area contributed by atoms with E-state index in [0.29, 0.717) is 12.3 Å². The monoisotopic (exact) mass is 655 g/mol. The van der Waals surface area contributed by atoms with E-state index >= 15 is 4.79 Å². The largest absolute Gasteiger partial charge is 0.497 e. The highest BCUT2D eigenvalue weighted by Gasteiger charge is 2.60. The molecule has 6 rings (SSSR count). The highest BCUT2D eigenvalue weighted by atomic mass is 28.4. The molecule has 10 heteroatoms. The van der Waals surface area contributed by atoms with Crippen molar-refractivity contribution in [2.45, 2.75) is 94.7 Å². The van der Waals surface area contributed by atoms with Crippen molar-refractivity contribution in [3.8, 4) is 5.75 Å². The van der Waals surface area contributed by atoms with Gasteiger partial charge in [-0.3, -0.25) is 9.69 Å². The normalized spacial score (nSPS) is 22.5. The number of aromatic amines is 1. The number of piperidine rings is 1. The van der Waals surface area contributed by atoms with Crippen LogP contribution in [0.3, 0.4) is 0 Å². The van der Waals surface area contributed by atoms with Crippen molar-refractivity contribution in [1.29, 1.82) is 0 Å². The molecular weight excluding hydrogens is 607 g/mol. The molecule has 3 aromatic rings. The Labute approximate surface area is 271 Å². The predicted octanol–water partition coefficient (Wildman–Crippen LogP) is 7.92. The number of carbonyl (C=O) groups excluding carboxylic acids is 1. The summed E-state index contributed by atoms with van der Waals surface area (Å²) in [5, 5.41) is 4.42. The van der Waals surface area contributed by atoms with Gasteiger partial charge in [0.05, 0.1) is 25.0 Å². The van der Waals surface area contributed by atoms with E-state index in [1.54, 1.807) is 19.2 Å². The van der Waals surface area contributed by atoms with Crippen LogP contribution in [-0.4, -0.2) is 57.3 Å². The van der Waals surface area contributed by atoms with E-state index in [-0.39, 0.29) is 40.9 Å². The predicted molar refractivity (Wildman–Crippen MR) is 178 cm³/mol. The summed E-state index contributed by atoms with van der Waals surface area (Å²) in [4.78, 5) is 21.0. The van der Waals surface area contributed by atoms with Gasteiger partial charge in [0.25, 0.3) is 0 Å². The summed E-state index contributed by atoms with van der Waals surface area (Å²) in [5.41, 5.74) is 0.675. The standard InChI is InChI=1S/C36H48F3N3O3Si/c1-33(2,3)46(5,6)45-23-35(32(43)24-11-9-12-24)31-30(27-15-14-26(44-4)20-29(27)41-31)34(16-18-40-19-17-34)22-42(35)21-25-10-7-8-13-28(25)36(37,38)39/h7-8,10,13-15,20,24,40-41H,9,11-12,16-19,21-23H2,1-6H3. The molecule has 0 radical (unpaired) electrons. The number of rotatable bonds is 8. The van der Waals surface area contributed by atoms with Crippen LogP contribution < -0.4 is 10.1 Å². The number of H-pyrrole nitrogens is 1. The molecule has 1 saturated carbocycles. The Morgan fingerprint density at radius 2 is 1.76 bits per heavy atom. The van der Waals surface area contributed by atoms with Crippen LogP contribution in [0.15, 0.2) is 42.5 Å². The number of halogens is 3. The number of nitrogens with one attached hydrogen (secondary N) is 2. The first-order valence-corrected chi connectivity index (χ1v) is 19.5. The van der Waals surface area contributed by atoms with E-state index in [2.05, 4.69) is 55.1 Å². The van der Waals surface area contributed by atoms with Crippen LogP contribution in [0.1, 0.15) is 75.3 Å². The number of aromatic nitrogens is 1. The highest BCUT2D eigenvalue weighted by Crippen LogP contribution is 2.54. The molecule has 1 aliphatic carbocycles. The fourth-order valence-electron chi connectivity index (χ4n) is 7.57. The second-order valence-corrected chi connectivity index (χ2v) is 20.0. The lowest BCUT2D eigenvalue weighted by Gasteiger charge is -2.56. The molecule has 2 aliphatic heterocycles. The molecule has 0 bridgehead atoms. The van der Waals surface area contributed by atoms with E-state index in [9.17, 15) is 13.2 Å². The Kier molecular flexibility index (Phi) is 8.52. The second kappa shape index (κ2) is 11.8. The van der Waals surface area contributed by atoms with Gasteiger partial charge in [-0.1, -0.05) is 45.4 Å². The lowest BCUT2D eigenvalue weighted by atomic mass is 9.62. The molecule has 1 saturated heterocycles. The number of fused-ring (bicyclic) bond motifs is 4. The molecule has 2 aromatic carbocycles. The Bertz CT molecular complexity index is 1600. The summed E-state index contributed by atoms with van der Waals surface area (Å²) in [7, 11) is -0.762. The zero-order valence-electron chi connectivity index (χ0n) is 28.0. The van der Waals surface area contributed by atoms with Gasteiger partial charge in [0.2, 0.25) is 0 Å². The van der Waals surface area contributed by atoms with Crippen LogP contribution >= 0.6 is 0 Å². The Morgan fingerprint density at radius 1 is 1.07 bits per heavy atom. The molecule has 46 heavy (non-hydrogen) atoms. The van der Waals surface area contributed by atoms with Crippen molar-refractivity contribution >= 4 is 25.0 Å². The Balaban J connectivity index is 1.63. The lowest BCUT2D eigenvalue weighted by Crippen LogP contribution is -2.66. The van der Waals surface area contributed by atoms with Crippen LogP contribution in [0.5, 0.6) is 5.75 Å². The van der Waals surface area contributed by atoms with Crippen LogP contribution in [-0.2, 0) is 32.9 Å². The molecule has 2 N–H and O–H groups in total. The summed E-state index contributed by atoms with van der Waals surface area (Å²) < 4.78 is 56.0. The third-order valence-electron chi connectivity index (χ3n) is 11.6. The van der Waals surface area contributed by atoms with Gasteiger partial charge in [-0.25, -0.2) is 0 Å². The number of hydrogen-bond donors (Lipinski definition) is 2. The van der Waals surface area contributed by atoms with Gasteiger partial charge in [-0.15, -0.1) is 0 Å². The van der Waals surface area contributed by atoms with Gasteiger partial charge in [0.15, 0.2) is 14.1 Å². The number of methoxy groups -OCH3 is 1. The average molecular weight is 656 g/mol. The van der Waals surface area contributed by atoms with E-state index < -0.39 is 25.6 Å². The van der Waals surface area contributed by atoms with Crippen LogP contribution in [0.25, 0.3) is 10.9 Å². The molecule has 3 aliphatic rings. The van der Waals surface area contributed by atoms with E-state index in [0.717, 1.165) is 73.4 Å². The van der Waals surface area contributed by atoms with Crippen LogP contribution in [0, 0.1) is 5.92 Å². The Hall–Kier alpha value is -2.66. The Morgan fingerprint density at radius 3 is 2.37 bits per heavy atom. The van der Waals surface area contributed by atoms with Gasteiger partial charge in [0, 0.05) is 41.4 Å². The summed E-state index contributed by atoms with van der Waals surface area (Å²) in [6, 6.07) is 11.8. The second-order valence-electron chi connectivity index (χ2n) is 15.2. The van der Waals surface area contributed by atoms with E-state index in [1.807, 2.05) is 12.1 Å². The molecule has 3 heterocycles. The zero-order valence-corrected chi connectivity index (χ0v) is 29.0. The van der Waals surface area contributed by atoms with Gasteiger partial charge in [0.1, 0.15) is 11.3 Å². The van der Waals surface area contributed by atoms with Gasteiger partial charge >= 0.3 is 6.18 Å². The number of carbonyl (C=O) groups is 1. The number of nitrogens with zero attached hydrogens (tertiary/aromatic N) is 1. The lowest BCUT2D eigenvalue weighted by molar-refractivity contribution is -0.146. The summed E-state index contributed by atoms with van der Waals surface area (Å²) in [5.74, 6) is 0.597. The van der Waals surface area contributed by atoms with Gasteiger partial charge < -0.3 is 19.5 Å². The van der Waals surface area contributed by atoms with Crippen molar-refractivity contribution in [2.24, 2.45) is 5.92 Å². The first-order chi connectivity index (χ1) is 21.6. The molecule has 0 amide bonds. The molecule has 1 spiro atoms. The zero-order chi connectivity index (χ0) is 33.1. The molecular formula is C36H48F3N3O3Si. The van der Waals surface area contributed by atoms with Crippen molar-refractivity contribution in [1.82, 2.24) is 15.2 Å². The topological polar surface area (TPSA) is 66.6 Å². The number of benzene rings is 2. The summed E-state index contributed by atoms with van der Waals surface area (Å²) in [6.07, 6.45) is -0.350. The van der Waals surface area contributed by atoms with Crippen molar-refractivity contribution in [2.75, 3.05) is 33.4 Å². The summed E-state index contributed by atoms with van der Waals surface area (Å²) in [6.45, 7) is 13.0. The van der Waals surface area contributed by atoms with Crippen molar-refractivity contribution in [3.05, 3.63) is 64.8 Å². The summed E-state index contributed by atoms with van der Waals surface area (Å²) >= 11 is 0. The number of hydrogen-bond acceptors (Lipinski definition) is 5. The SMILES string of the molecule is COc1ccc2c3c([nH]c2c1)C(CO[Si](C)(C)C(C)(C)C)(C(=O)C1CCC1)N(Cc1ccccc1C(F)(F)F)CC31CCNCC1. The van der Waals surface area contributed by atoms with Crippen LogP contribution in [0.4, 0.5) is 13.2 Å². The van der Waals surface area contributed by atoms with E-state index in [1.165, 1.54) is 6.07 Å². The van der Waals surface area contributed by atoms with Gasteiger partial charge in [-0.05, 0) is 86.2 Å². The number of ether oxygens (including phenoxy) is 1. The fraction of sp³-hybridized carbons (Fsp3) is 0.583. The maximum atomic E-state index is 15.2. The fourth-order valence-corrected chi connectivity index (χ4v) is 8.57. The molecule has 1 aromatic heterocycles. The number of alkyl halides is 3. The molecule has 6 nitrogen and oxygen atoms in total. The first kappa shape index (κ1) is 33.2. The third-order valence-corrected chi connectivity index (χ3v) is 16.0. The maximum absolute atomic E-state index is 15.2. The highest BCUT2D eigenvalue weighted by molar-refractivity contribution is 6.74. The van der Waals surface area contributed by atoms with Crippen molar-refractivity contribution in [3.63, 3.8) is 0 Å². The number of ketones is 1. The minimum Gasteiger partial charge on any atom is -0.497 e. The maximum Gasteiger partial charge on any atom is 0.416 e. The molecule has 2 fully saturated rings. The van der Waals surface area contributed by atoms with E-state index in [4.69, 9.17) is 9.16 Å². The quantitative estimate of drug-likeness (QED) is 0.242. The molecule has 250 valence electrons. The minimum atomic E-state index is -4.51. The third kappa shape index (κ3) is 5.52. The van der Waals surface area contributed by atoms with Crippen molar-refractivity contribution < 1.29 is 27.1 Å². The molecule has 1 atom stereocenters. The minimum absolute atomic E-state index is 0.0116. The van der Waals surface area contributed by atoms with Gasteiger partial charge in [-0.2, -0.15) is 13.2 Å². The smallest absolute Gasteiger partial charge is 0.416 e. The average Bonchev–Trinajstić information content (AvgIpc) is 3.36. The number of Topliss-reactive ketones (excluding diaryl/α,β-unsaturated/α-hetero) is 1. The molecule has 1 unspecified atom stereocenters. The first-order valence-electron chi connectivity index (χ1n) is 16.6.